The van der Waals surface area contributed by atoms with Crippen molar-refractivity contribution >= 4 is 35.2 Å². The summed E-state index contributed by atoms with van der Waals surface area (Å²) in [5.74, 6) is -0.582. The quantitative estimate of drug-likeness (QED) is 0.359. The van der Waals surface area contributed by atoms with Crippen LogP contribution in [0, 0.1) is 5.82 Å². The second-order valence-corrected chi connectivity index (χ2v) is 7.53. The molecule has 4 rings (SSSR count). The van der Waals surface area contributed by atoms with Crippen LogP contribution >= 0.6 is 0 Å². The maximum Gasteiger partial charge on any atom is 0.343 e. The highest BCUT2D eigenvalue weighted by atomic mass is 19.1. The number of halogens is 1. The number of hydrogen-bond donors (Lipinski definition) is 2. The molecule has 0 aliphatic rings. The molecule has 0 fully saturated rings. The fourth-order valence-corrected chi connectivity index (χ4v) is 3.45. The molecule has 33 heavy (non-hydrogen) atoms. The third kappa shape index (κ3) is 4.20. The third-order valence-corrected chi connectivity index (χ3v) is 5.08. The fourth-order valence-electron chi connectivity index (χ4n) is 3.45. The Bertz CT molecular complexity index is 1450. The van der Waals surface area contributed by atoms with E-state index in [4.69, 9.17) is 10.2 Å². The zero-order valence-electron chi connectivity index (χ0n) is 18.0. The first-order chi connectivity index (χ1) is 15.8. The molecule has 0 spiro atoms. The van der Waals surface area contributed by atoms with E-state index in [0.717, 1.165) is 6.07 Å². The first kappa shape index (κ1) is 21.8. The van der Waals surface area contributed by atoms with E-state index in [2.05, 4.69) is 22.0 Å². The van der Waals surface area contributed by atoms with Crippen LogP contribution in [-0.4, -0.2) is 34.2 Å². The normalized spacial score (nSPS) is 11.8. The molecule has 0 bridgehead atoms. The monoisotopic (exact) mass is 446 g/mol. The van der Waals surface area contributed by atoms with Crippen molar-refractivity contribution in [3.8, 4) is 11.1 Å². The molecule has 8 nitrogen and oxygen atoms in total. The lowest BCUT2D eigenvalue weighted by atomic mass is 9.99. The van der Waals surface area contributed by atoms with Crippen molar-refractivity contribution in [3.05, 3.63) is 82.2 Å². The summed E-state index contributed by atoms with van der Waals surface area (Å²) in [6.07, 6.45) is 1.38. The van der Waals surface area contributed by atoms with Crippen molar-refractivity contribution in [3.63, 3.8) is 0 Å². The molecule has 0 aliphatic heterocycles. The molecule has 166 valence electrons. The summed E-state index contributed by atoms with van der Waals surface area (Å²) in [7, 11) is 1.67. The van der Waals surface area contributed by atoms with E-state index in [0.29, 0.717) is 11.4 Å². The van der Waals surface area contributed by atoms with Crippen LogP contribution in [0.2, 0.25) is 0 Å². The average Bonchev–Trinajstić information content (AvgIpc) is 2.79. The second-order valence-electron chi connectivity index (χ2n) is 7.53. The number of fused-ring (bicyclic) bond motifs is 1. The van der Waals surface area contributed by atoms with Crippen molar-refractivity contribution in [2.45, 2.75) is 13.0 Å². The molecule has 1 amide bonds. The number of nitrogen functional groups attached to an aromatic ring is 1. The summed E-state index contributed by atoms with van der Waals surface area (Å²) in [6.45, 7) is 5.37. The minimum atomic E-state index is -0.744. The van der Waals surface area contributed by atoms with Gasteiger partial charge in [0.25, 0.3) is 11.7 Å². The Morgan fingerprint density at radius 2 is 1.97 bits per heavy atom. The molecule has 4 aromatic rings. The van der Waals surface area contributed by atoms with Crippen LogP contribution in [0.1, 0.15) is 29.2 Å². The van der Waals surface area contributed by atoms with Gasteiger partial charge in [0, 0.05) is 0 Å². The van der Waals surface area contributed by atoms with Gasteiger partial charge in [0.15, 0.2) is 5.69 Å². The summed E-state index contributed by atoms with van der Waals surface area (Å²) in [4.78, 5) is 34.4. The number of benzene rings is 2. The fraction of sp³-hybridized carbons (Fsp3) is 0.125. The van der Waals surface area contributed by atoms with Crippen molar-refractivity contribution in [2.24, 2.45) is 0 Å². The predicted molar refractivity (Wildman–Crippen MR) is 123 cm³/mol. The summed E-state index contributed by atoms with van der Waals surface area (Å²) < 4.78 is 21.3. The minimum Gasteiger partial charge on any atom is -0.458 e. The van der Waals surface area contributed by atoms with Crippen molar-refractivity contribution < 1.29 is 18.2 Å². The molecule has 2 aromatic carbocycles. The van der Waals surface area contributed by atoms with Crippen molar-refractivity contribution in [1.82, 2.24) is 15.3 Å². The molecule has 2 heterocycles. The molecule has 1 unspecified atom stereocenters. The highest BCUT2D eigenvalue weighted by molar-refractivity contribution is 5.96. The van der Waals surface area contributed by atoms with Crippen molar-refractivity contribution in [2.75, 3.05) is 12.8 Å². The molecule has 0 saturated heterocycles. The molecule has 0 saturated carbocycles. The Hall–Kier alpha value is -4.40. The summed E-state index contributed by atoms with van der Waals surface area (Å²) >= 11 is 0. The van der Waals surface area contributed by atoms with E-state index in [9.17, 15) is 14.0 Å². The van der Waals surface area contributed by atoms with Crippen LogP contribution in [0.25, 0.3) is 22.1 Å². The van der Waals surface area contributed by atoms with Gasteiger partial charge in [-0.15, -0.1) is 0 Å². The Labute approximate surface area is 188 Å². The number of amides is 1. The van der Waals surface area contributed by atoms with Gasteiger partial charge in [-0.05, 0) is 35.7 Å². The van der Waals surface area contributed by atoms with Gasteiger partial charge in [-0.25, -0.2) is 13.9 Å². The molecule has 9 heteroatoms. The van der Waals surface area contributed by atoms with Gasteiger partial charge in [-0.1, -0.05) is 30.3 Å². The number of anilines is 1. The van der Waals surface area contributed by atoms with E-state index >= 15 is 0 Å². The van der Waals surface area contributed by atoms with Crippen LogP contribution in [-0.2, 0) is 0 Å². The molecule has 0 aliphatic carbocycles. The van der Waals surface area contributed by atoms with E-state index in [-0.39, 0.29) is 33.8 Å². The topological polar surface area (TPSA) is 114 Å². The Balaban J connectivity index is 1.79. The second kappa shape index (κ2) is 8.62. The zero-order chi connectivity index (χ0) is 23.7. The van der Waals surface area contributed by atoms with Gasteiger partial charge < -0.3 is 15.5 Å². The Kier molecular flexibility index (Phi) is 5.70. The number of hydrogen-bond acceptors (Lipinski definition) is 6. The zero-order valence-corrected chi connectivity index (χ0v) is 18.0. The number of nitrogens with zero attached hydrogens (tertiary/aromatic N) is 3. The van der Waals surface area contributed by atoms with Gasteiger partial charge in [0.1, 0.15) is 23.4 Å². The summed E-state index contributed by atoms with van der Waals surface area (Å²) in [5.41, 5.74) is 6.46. The van der Waals surface area contributed by atoms with Crippen molar-refractivity contribution in [1.29, 1.82) is 0 Å². The Morgan fingerprint density at radius 3 is 2.64 bits per heavy atom. The number of nitrogens with one attached hydrogen (secondary N) is 1. The van der Waals surface area contributed by atoms with Crippen LogP contribution in [0.5, 0.6) is 0 Å². The number of aromatic nitrogens is 2. The number of nitrogens with two attached hydrogens (primary N) is 1. The predicted octanol–water partition coefficient (Wildman–Crippen LogP) is 3.44. The number of carbonyl (C=O) groups is 1. The Morgan fingerprint density at radius 1 is 1.24 bits per heavy atom. The summed E-state index contributed by atoms with van der Waals surface area (Å²) in [6, 6.07) is 11.8. The van der Waals surface area contributed by atoms with Gasteiger partial charge in [-0.3, -0.25) is 9.59 Å². The smallest absolute Gasteiger partial charge is 0.343 e. The van der Waals surface area contributed by atoms with Gasteiger partial charge in [0.05, 0.1) is 30.8 Å². The molecular formula is C24H21FN5O3+. The molecule has 2 aromatic heterocycles. The molecule has 0 radical (unpaired) electrons. The lowest BCUT2D eigenvalue weighted by Gasteiger charge is -2.17. The average molecular weight is 446 g/mol. The van der Waals surface area contributed by atoms with E-state index < -0.39 is 23.2 Å². The molecular weight excluding hydrogens is 425 g/mol. The first-order valence-corrected chi connectivity index (χ1v) is 10.1. The van der Waals surface area contributed by atoms with E-state index in [1.165, 1.54) is 22.9 Å². The standard InChI is InChI=1S/C24H20FN5O3/c1-13(28-24(32)20-23(26)29-18(12-27-20)30(2)3)22-19(14-7-5-4-6-8-14)21(31)16-11-15(25)9-10-17(16)33-22/h4-13H,2H2,1,3H3,(H2-,26,28,29,32)/p+1. The lowest BCUT2D eigenvalue weighted by Crippen LogP contribution is -2.30. The van der Waals surface area contributed by atoms with Crippen LogP contribution in [0.15, 0.2) is 63.9 Å². The van der Waals surface area contributed by atoms with Gasteiger partial charge >= 0.3 is 5.82 Å². The van der Waals surface area contributed by atoms with E-state index in [1.807, 2.05) is 6.07 Å². The van der Waals surface area contributed by atoms with Crippen LogP contribution < -0.4 is 16.5 Å². The van der Waals surface area contributed by atoms with Crippen LogP contribution in [0.3, 0.4) is 0 Å². The maximum absolute atomic E-state index is 13.8. The molecule has 3 N–H and O–H groups in total. The molecule has 1 atom stereocenters. The number of carbonyl (C=O) groups excluding carboxylic acids is 1. The van der Waals surface area contributed by atoms with Crippen LogP contribution in [0.4, 0.5) is 16.0 Å². The summed E-state index contributed by atoms with van der Waals surface area (Å²) in [5, 5.41) is 2.87. The largest absolute Gasteiger partial charge is 0.458 e. The SMILES string of the molecule is C=[N+](C)c1cnc(C(=O)NC(C)c2oc3ccc(F)cc3c(=O)c2-c2ccccc2)c(N)n1. The van der Waals surface area contributed by atoms with Gasteiger partial charge in [-0.2, -0.15) is 0 Å². The third-order valence-electron chi connectivity index (χ3n) is 5.08. The number of rotatable bonds is 5. The van der Waals surface area contributed by atoms with E-state index in [1.54, 1.807) is 38.2 Å². The minimum absolute atomic E-state index is 0.0635. The highest BCUT2D eigenvalue weighted by Crippen LogP contribution is 2.29. The first-order valence-electron chi connectivity index (χ1n) is 10.1. The van der Waals surface area contributed by atoms with Gasteiger partial charge in [0.2, 0.25) is 5.43 Å². The highest BCUT2D eigenvalue weighted by Gasteiger charge is 2.25. The maximum atomic E-state index is 13.8. The lowest BCUT2D eigenvalue weighted by molar-refractivity contribution is -0.399.